The van der Waals surface area contributed by atoms with Crippen molar-refractivity contribution < 1.29 is 19.1 Å². The molecule has 0 fully saturated rings. The molecule has 0 N–H and O–H groups in total. The first kappa shape index (κ1) is 19.2. The molecule has 0 unspecified atom stereocenters. The van der Waals surface area contributed by atoms with Crippen molar-refractivity contribution in [3.8, 4) is 11.5 Å². The van der Waals surface area contributed by atoms with Gasteiger partial charge in [-0.25, -0.2) is 0 Å². The molecule has 0 spiro atoms. The third-order valence-electron chi connectivity index (χ3n) is 5.88. The fraction of sp³-hybridized carbons (Fsp3) is 0.200. The molecule has 5 rings (SSSR count). The van der Waals surface area contributed by atoms with Crippen molar-refractivity contribution >= 4 is 23.2 Å². The predicted molar refractivity (Wildman–Crippen MR) is 118 cm³/mol. The standard InChI is InChI=1S/C25H22N2O4/c1-14-11-15(2)13-16(12-14)26-23-18-9-10-20(30-3)22(31-4)21(18)25(29)27(23)19-8-6-5-7-17(19)24(26)28/h5-13,23H,1-4H3/t23-/m0/s1. The van der Waals surface area contributed by atoms with Gasteiger partial charge in [0.25, 0.3) is 11.8 Å². The number of aryl methyl sites for hydroxylation is 2. The summed E-state index contributed by atoms with van der Waals surface area (Å²) in [6.07, 6.45) is -0.606. The first-order valence-corrected chi connectivity index (χ1v) is 10.1. The Morgan fingerprint density at radius 3 is 2.19 bits per heavy atom. The van der Waals surface area contributed by atoms with E-state index in [9.17, 15) is 9.59 Å². The van der Waals surface area contributed by atoms with Crippen LogP contribution < -0.4 is 19.3 Å². The molecule has 0 bridgehead atoms. The summed E-state index contributed by atoms with van der Waals surface area (Å²) >= 11 is 0. The third kappa shape index (κ3) is 2.64. The Balaban J connectivity index is 1.82. The largest absolute Gasteiger partial charge is 0.493 e. The van der Waals surface area contributed by atoms with Crippen molar-refractivity contribution in [2.24, 2.45) is 0 Å². The van der Waals surface area contributed by atoms with E-state index in [0.29, 0.717) is 33.9 Å². The zero-order chi connectivity index (χ0) is 21.9. The Morgan fingerprint density at radius 2 is 1.52 bits per heavy atom. The van der Waals surface area contributed by atoms with E-state index in [0.717, 1.165) is 16.8 Å². The van der Waals surface area contributed by atoms with Gasteiger partial charge in [0, 0.05) is 11.3 Å². The second kappa shape index (κ2) is 6.87. The maximum atomic E-state index is 13.7. The van der Waals surface area contributed by atoms with E-state index in [4.69, 9.17) is 9.47 Å². The number of anilines is 2. The summed E-state index contributed by atoms with van der Waals surface area (Å²) < 4.78 is 11.0. The molecule has 6 heteroatoms. The summed E-state index contributed by atoms with van der Waals surface area (Å²) in [5, 5.41) is 0. The maximum Gasteiger partial charge on any atom is 0.264 e. The number of methoxy groups -OCH3 is 2. The Bertz CT molecular complexity index is 1230. The van der Waals surface area contributed by atoms with Gasteiger partial charge in [-0.15, -0.1) is 0 Å². The highest BCUT2D eigenvalue weighted by atomic mass is 16.5. The van der Waals surface area contributed by atoms with Crippen LogP contribution in [0.1, 0.15) is 43.6 Å². The lowest BCUT2D eigenvalue weighted by Gasteiger charge is -2.41. The van der Waals surface area contributed by atoms with Crippen LogP contribution in [-0.4, -0.2) is 26.0 Å². The van der Waals surface area contributed by atoms with Crippen molar-refractivity contribution in [2.45, 2.75) is 20.0 Å². The summed E-state index contributed by atoms with van der Waals surface area (Å²) in [7, 11) is 3.06. The highest BCUT2D eigenvalue weighted by molar-refractivity contribution is 6.22. The van der Waals surface area contributed by atoms with E-state index in [1.165, 1.54) is 14.2 Å². The molecule has 31 heavy (non-hydrogen) atoms. The smallest absolute Gasteiger partial charge is 0.264 e. The van der Waals surface area contributed by atoms with Gasteiger partial charge >= 0.3 is 0 Å². The van der Waals surface area contributed by atoms with Crippen LogP contribution in [0.15, 0.2) is 54.6 Å². The van der Waals surface area contributed by atoms with Gasteiger partial charge in [0.2, 0.25) is 0 Å². The number of nitrogens with zero attached hydrogens (tertiary/aromatic N) is 2. The number of carbonyl (C=O) groups is 2. The maximum absolute atomic E-state index is 13.7. The van der Waals surface area contributed by atoms with Gasteiger partial charge in [-0.05, 0) is 55.3 Å². The van der Waals surface area contributed by atoms with Gasteiger partial charge in [-0.1, -0.05) is 24.3 Å². The van der Waals surface area contributed by atoms with Crippen LogP contribution in [0.4, 0.5) is 11.4 Å². The summed E-state index contributed by atoms with van der Waals surface area (Å²) in [6, 6.07) is 16.9. The van der Waals surface area contributed by atoms with Crippen LogP contribution in [-0.2, 0) is 0 Å². The molecule has 2 aliphatic rings. The molecule has 0 radical (unpaired) electrons. The molecule has 156 valence electrons. The minimum Gasteiger partial charge on any atom is -0.493 e. The van der Waals surface area contributed by atoms with E-state index in [2.05, 4.69) is 6.07 Å². The van der Waals surface area contributed by atoms with E-state index < -0.39 is 6.17 Å². The molecular formula is C25H22N2O4. The molecule has 6 nitrogen and oxygen atoms in total. The Hall–Kier alpha value is -3.80. The van der Waals surface area contributed by atoms with Crippen LogP contribution in [0, 0.1) is 13.8 Å². The highest BCUT2D eigenvalue weighted by Gasteiger charge is 2.50. The molecule has 0 saturated heterocycles. The van der Waals surface area contributed by atoms with Crippen LogP contribution in [0.3, 0.4) is 0 Å². The number of carbonyl (C=O) groups excluding carboxylic acids is 2. The second-order valence-corrected chi connectivity index (χ2v) is 7.85. The molecule has 3 aromatic rings. The van der Waals surface area contributed by atoms with Crippen LogP contribution >= 0.6 is 0 Å². The van der Waals surface area contributed by atoms with Crippen molar-refractivity contribution in [1.82, 2.24) is 0 Å². The zero-order valence-electron chi connectivity index (χ0n) is 17.8. The van der Waals surface area contributed by atoms with Crippen molar-refractivity contribution in [3.05, 3.63) is 82.4 Å². The molecule has 0 saturated carbocycles. The zero-order valence-corrected chi connectivity index (χ0v) is 17.8. The molecule has 2 aliphatic heterocycles. The molecule has 0 aromatic heterocycles. The monoisotopic (exact) mass is 414 g/mol. The van der Waals surface area contributed by atoms with Crippen molar-refractivity contribution in [3.63, 3.8) is 0 Å². The molecular weight excluding hydrogens is 392 g/mol. The summed E-state index contributed by atoms with van der Waals surface area (Å²) in [4.78, 5) is 30.8. The van der Waals surface area contributed by atoms with E-state index >= 15 is 0 Å². The summed E-state index contributed by atoms with van der Waals surface area (Å²) in [6.45, 7) is 4.00. The number of ether oxygens (including phenoxy) is 2. The van der Waals surface area contributed by atoms with Gasteiger partial charge in [0.15, 0.2) is 11.5 Å². The lowest BCUT2D eigenvalue weighted by atomic mass is 10.0. The molecule has 0 aliphatic carbocycles. The van der Waals surface area contributed by atoms with Crippen molar-refractivity contribution in [2.75, 3.05) is 24.0 Å². The van der Waals surface area contributed by atoms with Gasteiger partial charge in [0.05, 0.1) is 31.0 Å². The van der Waals surface area contributed by atoms with Gasteiger partial charge in [-0.3, -0.25) is 19.4 Å². The van der Waals surface area contributed by atoms with Crippen LogP contribution in [0.2, 0.25) is 0 Å². The van der Waals surface area contributed by atoms with E-state index in [1.54, 1.807) is 21.9 Å². The van der Waals surface area contributed by atoms with Crippen LogP contribution in [0.5, 0.6) is 11.5 Å². The van der Waals surface area contributed by atoms with Gasteiger partial charge in [-0.2, -0.15) is 0 Å². The number of amides is 2. The van der Waals surface area contributed by atoms with Gasteiger partial charge in [0.1, 0.15) is 6.17 Å². The highest BCUT2D eigenvalue weighted by Crippen LogP contribution is 2.50. The Morgan fingerprint density at radius 1 is 0.806 bits per heavy atom. The minimum atomic E-state index is -0.606. The normalized spacial score (nSPS) is 16.7. The Kier molecular flexibility index (Phi) is 4.25. The van der Waals surface area contributed by atoms with Crippen LogP contribution in [0.25, 0.3) is 0 Å². The predicted octanol–water partition coefficient (Wildman–Crippen LogP) is 4.64. The molecule has 1 atom stereocenters. The average Bonchev–Trinajstić information content (AvgIpc) is 3.05. The quantitative estimate of drug-likeness (QED) is 0.627. The first-order valence-electron chi connectivity index (χ1n) is 10.1. The fourth-order valence-corrected chi connectivity index (χ4v) is 4.70. The second-order valence-electron chi connectivity index (χ2n) is 7.85. The fourth-order valence-electron chi connectivity index (χ4n) is 4.70. The molecule has 3 aromatic carbocycles. The summed E-state index contributed by atoms with van der Waals surface area (Å²) in [5.74, 6) is 0.499. The van der Waals surface area contributed by atoms with E-state index in [1.807, 2.05) is 50.2 Å². The number of hydrogen-bond donors (Lipinski definition) is 0. The number of fused-ring (bicyclic) bond motifs is 5. The summed E-state index contributed by atoms with van der Waals surface area (Å²) in [5.41, 5.74) is 5.07. The number of para-hydroxylation sites is 1. The number of rotatable bonds is 3. The topological polar surface area (TPSA) is 59.1 Å². The Labute approximate surface area is 180 Å². The third-order valence-corrected chi connectivity index (χ3v) is 5.88. The molecule has 2 amide bonds. The van der Waals surface area contributed by atoms with Gasteiger partial charge < -0.3 is 9.47 Å². The number of benzene rings is 3. The minimum absolute atomic E-state index is 0.141. The number of hydrogen-bond acceptors (Lipinski definition) is 4. The van der Waals surface area contributed by atoms with E-state index in [-0.39, 0.29) is 11.8 Å². The SMILES string of the molecule is COc1ccc2c(c1OC)C(=O)N1c3ccccc3C(=O)N(c3cc(C)cc(C)c3)[C@H]21. The molecule has 2 heterocycles. The lowest BCUT2D eigenvalue weighted by Crippen LogP contribution is -2.48. The first-order chi connectivity index (χ1) is 15.0. The van der Waals surface area contributed by atoms with Crippen molar-refractivity contribution in [1.29, 1.82) is 0 Å². The average molecular weight is 414 g/mol. The lowest BCUT2D eigenvalue weighted by molar-refractivity contribution is 0.0948.